The van der Waals surface area contributed by atoms with Gasteiger partial charge in [-0.3, -0.25) is 9.69 Å². The number of rotatable bonds is 4. The predicted octanol–water partition coefficient (Wildman–Crippen LogP) is 5.27. The van der Waals surface area contributed by atoms with Gasteiger partial charge in [-0.15, -0.1) is 0 Å². The fourth-order valence-electron chi connectivity index (χ4n) is 3.43. The smallest absolute Gasteiger partial charge is 0.246 e. The van der Waals surface area contributed by atoms with E-state index in [0.29, 0.717) is 16.6 Å². The van der Waals surface area contributed by atoms with Gasteiger partial charge in [0.15, 0.2) is 0 Å². The molecule has 2 aromatic carbocycles. The highest BCUT2D eigenvalue weighted by atomic mass is 35.5. The highest BCUT2D eigenvalue weighted by Crippen LogP contribution is 2.23. The summed E-state index contributed by atoms with van der Waals surface area (Å²) in [6.45, 7) is 6.32. The third-order valence-electron chi connectivity index (χ3n) is 5.06. The number of carbonyl (C=O) groups is 1. The molecule has 1 aliphatic heterocycles. The van der Waals surface area contributed by atoms with Gasteiger partial charge in [-0.2, -0.15) is 0 Å². The van der Waals surface area contributed by atoms with Crippen LogP contribution >= 0.6 is 23.2 Å². The summed E-state index contributed by atoms with van der Waals surface area (Å²) in [6.07, 6.45) is 3.34. The molecular formula is C22H23Cl2FN2O. The molecule has 0 aromatic heterocycles. The standard InChI is InChI=1S/C22H23Cl2FN2O/c1-15-13-27(22(28)10-6-17-5-9-20(23)21(24)11-17)16(2)12-26(15)14-18-3-7-19(25)8-4-18/h3-11,15-16H,12-14H2,1-2H3/b10-6+. The average Bonchev–Trinajstić information content (AvgIpc) is 2.67. The number of amides is 1. The zero-order valence-electron chi connectivity index (χ0n) is 15.9. The van der Waals surface area contributed by atoms with E-state index in [4.69, 9.17) is 23.2 Å². The Morgan fingerprint density at radius 2 is 1.79 bits per heavy atom. The maximum Gasteiger partial charge on any atom is 0.246 e. The quantitative estimate of drug-likeness (QED) is 0.629. The lowest BCUT2D eigenvalue weighted by Crippen LogP contribution is -2.57. The first-order valence-electron chi connectivity index (χ1n) is 9.25. The fraction of sp³-hybridized carbons (Fsp3) is 0.318. The Kier molecular flexibility index (Phi) is 6.76. The van der Waals surface area contributed by atoms with Crippen molar-refractivity contribution in [3.8, 4) is 0 Å². The van der Waals surface area contributed by atoms with Crippen molar-refractivity contribution in [2.75, 3.05) is 13.1 Å². The van der Waals surface area contributed by atoms with Crippen LogP contribution in [0.4, 0.5) is 4.39 Å². The van der Waals surface area contributed by atoms with Gasteiger partial charge in [-0.05, 0) is 55.3 Å². The second-order valence-electron chi connectivity index (χ2n) is 7.25. The van der Waals surface area contributed by atoms with Gasteiger partial charge in [0.2, 0.25) is 5.91 Å². The van der Waals surface area contributed by atoms with Gasteiger partial charge in [0.05, 0.1) is 10.0 Å². The van der Waals surface area contributed by atoms with Gasteiger partial charge in [0.1, 0.15) is 5.82 Å². The van der Waals surface area contributed by atoms with Gasteiger partial charge in [0.25, 0.3) is 0 Å². The topological polar surface area (TPSA) is 23.6 Å². The Morgan fingerprint density at radius 3 is 2.46 bits per heavy atom. The van der Waals surface area contributed by atoms with E-state index >= 15 is 0 Å². The zero-order valence-corrected chi connectivity index (χ0v) is 17.4. The van der Waals surface area contributed by atoms with Gasteiger partial charge in [0, 0.05) is 37.8 Å². The third kappa shape index (κ3) is 5.13. The van der Waals surface area contributed by atoms with E-state index in [1.807, 2.05) is 23.1 Å². The average molecular weight is 421 g/mol. The summed E-state index contributed by atoms with van der Waals surface area (Å²) in [5, 5.41) is 0.956. The Balaban J connectivity index is 1.62. The minimum atomic E-state index is -0.227. The van der Waals surface area contributed by atoms with Gasteiger partial charge < -0.3 is 4.90 Å². The second-order valence-corrected chi connectivity index (χ2v) is 8.07. The zero-order chi connectivity index (χ0) is 20.3. The largest absolute Gasteiger partial charge is 0.334 e. The minimum absolute atomic E-state index is 0.0214. The molecule has 2 aromatic rings. The van der Waals surface area contributed by atoms with Crippen LogP contribution in [0.15, 0.2) is 48.5 Å². The van der Waals surface area contributed by atoms with Crippen LogP contribution in [0, 0.1) is 5.82 Å². The first kappa shape index (κ1) is 20.8. The number of hydrogen-bond acceptors (Lipinski definition) is 2. The van der Waals surface area contributed by atoms with Crippen LogP contribution in [0.3, 0.4) is 0 Å². The second kappa shape index (κ2) is 9.08. The lowest BCUT2D eigenvalue weighted by Gasteiger charge is -2.44. The van der Waals surface area contributed by atoms with Crippen LogP contribution in [0.1, 0.15) is 25.0 Å². The van der Waals surface area contributed by atoms with Gasteiger partial charge >= 0.3 is 0 Å². The van der Waals surface area contributed by atoms with E-state index in [-0.39, 0.29) is 23.8 Å². The summed E-state index contributed by atoms with van der Waals surface area (Å²) >= 11 is 11.9. The molecule has 2 unspecified atom stereocenters. The van der Waals surface area contributed by atoms with Crippen LogP contribution in [-0.4, -0.2) is 40.9 Å². The summed E-state index contributed by atoms with van der Waals surface area (Å²) in [4.78, 5) is 16.9. The molecule has 0 aliphatic carbocycles. The van der Waals surface area contributed by atoms with Crippen LogP contribution in [0.25, 0.3) is 6.08 Å². The molecule has 0 bridgehead atoms. The van der Waals surface area contributed by atoms with Gasteiger partial charge in [-0.1, -0.05) is 41.4 Å². The lowest BCUT2D eigenvalue weighted by molar-refractivity contribution is -0.131. The maximum atomic E-state index is 13.1. The number of piperazine rings is 1. The molecule has 2 atom stereocenters. The Bertz CT molecular complexity index is 869. The number of halogens is 3. The van der Waals surface area contributed by atoms with E-state index in [1.54, 1.807) is 24.3 Å². The third-order valence-corrected chi connectivity index (χ3v) is 5.80. The molecule has 1 saturated heterocycles. The molecule has 0 saturated carbocycles. The normalized spacial score (nSPS) is 20.7. The molecule has 0 radical (unpaired) electrons. The highest BCUT2D eigenvalue weighted by Gasteiger charge is 2.30. The van der Waals surface area contributed by atoms with Crippen molar-refractivity contribution in [2.24, 2.45) is 0 Å². The molecule has 3 rings (SSSR count). The number of benzene rings is 2. The Morgan fingerprint density at radius 1 is 1.07 bits per heavy atom. The minimum Gasteiger partial charge on any atom is -0.334 e. The molecule has 148 valence electrons. The Labute approximate surface area is 175 Å². The fourth-order valence-corrected chi connectivity index (χ4v) is 3.74. The molecule has 1 amide bonds. The van der Waals surface area contributed by atoms with Crippen molar-refractivity contribution < 1.29 is 9.18 Å². The molecule has 28 heavy (non-hydrogen) atoms. The van der Waals surface area contributed by atoms with Crippen LogP contribution < -0.4 is 0 Å². The van der Waals surface area contributed by atoms with E-state index in [1.165, 1.54) is 12.1 Å². The van der Waals surface area contributed by atoms with E-state index in [9.17, 15) is 9.18 Å². The van der Waals surface area contributed by atoms with Crippen LogP contribution in [-0.2, 0) is 11.3 Å². The summed E-state index contributed by atoms with van der Waals surface area (Å²) in [7, 11) is 0. The monoisotopic (exact) mass is 420 g/mol. The Hall–Kier alpha value is -1.88. The molecule has 1 heterocycles. The molecular weight excluding hydrogens is 398 g/mol. The van der Waals surface area contributed by atoms with E-state index < -0.39 is 0 Å². The van der Waals surface area contributed by atoms with Crippen molar-refractivity contribution in [1.82, 2.24) is 9.80 Å². The van der Waals surface area contributed by atoms with Crippen LogP contribution in [0.5, 0.6) is 0 Å². The molecule has 1 fully saturated rings. The number of carbonyl (C=O) groups excluding carboxylic acids is 1. The van der Waals surface area contributed by atoms with Crippen molar-refractivity contribution >= 4 is 35.2 Å². The first-order valence-corrected chi connectivity index (χ1v) is 10.0. The van der Waals surface area contributed by atoms with Crippen molar-refractivity contribution in [2.45, 2.75) is 32.5 Å². The summed E-state index contributed by atoms with van der Waals surface area (Å²) < 4.78 is 13.1. The summed E-state index contributed by atoms with van der Waals surface area (Å²) in [6, 6.07) is 12.2. The van der Waals surface area contributed by atoms with Crippen LogP contribution in [0.2, 0.25) is 10.0 Å². The molecule has 0 spiro atoms. The molecule has 0 N–H and O–H groups in total. The lowest BCUT2D eigenvalue weighted by atomic mass is 10.1. The SMILES string of the molecule is CC1CN(C(=O)/C=C/c2ccc(Cl)c(Cl)c2)C(C)CN1Cc1ccc(F)cc1. The summed E-state index contributed by atoms with van der Waals surface area (Å²) in [5.41, 5.74) is 1.90. The highest BCUT2D eigenvalue weighted by molar-refractivity contribution is 6.42. The van der Waals surface area contributed by atoms with Crippen molar-refractivity contribution in [3.63, 3.8) is 0 Å². The maximum absolute atomic E-state index is 13.1. The molecule has 1 aliphatic rings. The van der Waals surface area contributed by atoms with E-state index in [0.717, 1.165) is 24.2 Å². The predicted molar refractivity (Wildman–Crippen MR) is 113 cm³/mol. The first-order chi connectivity index (χ1) is 13.3. The van der Waals surface area contributed by atoms with Crippen molar-refractivity contribution in [3.05, 3.63) is 75.5 Å². The number of nitrogens with zero attached hydrogens (tertiary/aromatic N) is 2. The number of hydrogen-bond donors (Lipinski definition) is 0. The van der Waals surface area contributed by atoms with Crippen molar-refractivity contribution in [1.29, 1.82) is 0 Å². The van der Waals surface area contributed by atoms with E-state index in [2.05, 4.69) is 18.7 Å². The molecule has 6 heteroatoms. The molecule has 3 nitrogen and oxygen atoms in total. The summed E-state index contributed by atoms with van der Waals surface area (Å²) in [5.74, 6) is -0.249. The van der Waals surface area contributed by atoms with Gasteiger partial charge in [-0.25, -0.2) is 4.39 Å².